The standard InChI is InChI=1S/C32H47F6NO3/c1-2-3-4-5-6-7-8-9-10-11-12-13-14-15-16-17-23-42-30(41)28-19-18-22-39(28)29(40)26-24-25(31(33,34)35)20-21-27(26)32(36,37)38/h20-21,24,28H,2-19,22-23H2,1H3. The van der Waals surface area contributed by atoms with Crippen molar-refractivity contribution in [3.05, 3.63) is 34.9 Å². The van der Waals surface area contributed by atoms with Crippen molar-refractivity contribution < 1.29 is 40.7 Å². The van der Waals surface area contributed by atoms with Gasteiger partial charge in [-0.1, -0.05) is 103 Å². The molecule has 10 heteroatoms. The predicted molar refractivity (Wildman–Crippen MR) is 151 cm³/mol. The summed E-state index contributed by atoms with van der Waals surface area (Å²) in [7, 11) is 0. The fraction of sp³-hybridized carbons (Fsp3) is 0.750. The van der Waals surface area contributed by atoms with E-state index in [1.54, 1.807) is 0 Å². The molecule has 1 fully saturated rings. The molecule has 1 amide bonds. The first-order chi connectivity index (χ1) is 20.0. The summed E-state index contributed by atoms with van der Waals surface area (Å²) in [4.78, 5) is 26.5. The largest absolute Gasteiger partial charge is 0.464 e. The average Bonchev–Trinajstić information content (AvgIpc) is 3.43. The topological polar surface area (TPSA) is 46.6 Å². The molecule has 4 nitrogen and oxygen atoms in total. The normalized spacial score (nSPS) is 15.8. The van der Waals surface area contributed by atoms with E-state index in [1.807, 2.05) is 0 Å². The van der Waals surface area contributed by atoms with Crippen molar-refractivity contribution in [2.75, 3.05) is 13.2 Å². The summed E-state index contributed by atoms with van der Waals surface area (Å²) in [6.45, 7) is 2.33. The third-order valence-corrected chi connectivity index (χ3v) is 7.91. The molecule has 0 spiro atoms. The Balaban J connectivity index is 1.66. The van der Waals surface area contributed by atoms with Gasteiger partial charge in [-0.15, -0.1) is 0 Å². The van der Waals surface area contributed by atoms with E-state index in [0.717, 1.165) is 24.2 Å². The van der Waals surface area contributed by atoms with Crippen LogP contribution in [-0.4, -0.2) is 36.0 Å². The Hall–Kier alpha value is -2.26. The number of unbranched alkanes of at least 4 members (excludes halogenated alkanes) is 15. The Morgan fingerprint density at radius 1 is 0.762 bits per heavy atom. The van der Waals surface area contributed by atoms with Crippen LogP contribution in [0, 0.1) is 0 Å². The fourth-order valence-corrected chi connectivity index (χ4v) is 5.47. The first-order valence-corrected chi connectivity index (χ1v) is 15.7. The monoisotopic (exact) mass is 607 g/mol. The smallest absolute Gasteiger partial charge is 0.417 e. The molecule has 0 N–H and O–H groups in total. The van der Waals surface area contributed by atoms with Gasteiger partial charge in [0, 0.05) is 6.54 Å². The number of likely N-dealkylation sites (tertiary alicyclic amines) is 1. The molecule has 42 heavy (non-hydrogen) atoms. The minimum Gasteiger partial charge on any atom is -0.464 e. The zero-order chi connectivity index (χ0) is 31.0. The first-order valence-electron chi connectivity index (χ1n) is 15.7. The van der Waals surface area contributed by atoms with E-state index in [2.05, 4.69) is 6.92 Å². The maximum absolute atomic E-state index is 13.5. The summed E-state index contributed by atoms with van der Waals surface area (Å²) >= 11 is 0. The van der Waals surface area contributed by atoms with Crippen LogP contribution in [0.25, 0.3) is 0 Å². The van der Waals surface area contributed by atoms with Crippen molar-refractivity contribution in [2.24, 2.45) is 0 Å². The summed E-state index contributed by atoms with van der Waals surface area (Å²) in [6, 6.07) is -0.346. The Labute approximate surface area is 246 Å². The molecule has 240 valence electrons. The molecular formula is C32H47F6NO3. The second-order valence-electron chi connectivity index (χ2n) is 11.4. The van der Waals surface area contributed by atoms with Gasteiger partial charge in [-0.05, 0) is 37.5 Å². The van der Waals surface area contributed by atoms with E-state index >= 15 is 0 Å². The molecule has 2 rings (SSSR count). The molecule has 1 saturated heterocycles. The van der Waals surface area contributed by atoms with E-state index < -0.39 is 47.0 Å². The Morgan fingerprint density at radius 3 is 1.74 bits per heavy atom. The number of benzene rings is 1. The number of rotatable bonds is 19. The van der Waals surface area contributed by atoms with Crippen LogP contribution in [0.4, 0.5) is 26.3 Å². The van der Waals surface area contributed by atoms with E-state index in [1.165, 1.54) is 77.0 Å². The number of ether oxygens (including phenoxy) is 1. The van der Waals surface area contributed by atoms with Crippen molar-refractivity contribution in [1.29, 1.82) is 0 Å². The van der Waals surface area contributed by atoms with Crippen molar-refractivity contribution >= 4 is 11.9 Å². The van der Waals surface area contributed by atoms with Crippen LogP contribution in [0.1, 0.15) is 144 Å². The van der Waals surface area contributed by atoms with Gasteiger partial charge >= 0.3 is 18.3 Å². The van der Waals surface area contributed by atoms with Crippen molar-refractivity contribution in [1.82, 2.24) is 4.90 Å². The second-order valence-corrected chi connectivity index (χ2v) is 11.4. The third-order valence-electron chi connectivity index (χ3n) is 7.91. The zero-order valence-electron chi connectivity index (χ0n) is 24.9. The first kappa shape index (κ1) is 35.9. The molecule has 1 atom stereocenters. The van der Waals surface area contributed by atoms with Gasteiger partial charge in [0.05, 0.1) is 23.3 Å². The zero-order valence-corrected chi connectivity index (χ0v) is 24.9. The highest BCUT2D eigenvalue weighted by Gasteiger charge is 2.42. The lowest BCUT2D eigenvalue weighted by atomic mass is 10.0. The number of nitrogens with zero attached hydrogens (tertiary/aromatic N) is 1. The highest BCUT2D eigenvalue weighted by molar-refractivity contribution is 5.98. The molecule has 0 bridgehead atoms. The van der Waals surface area contributed by atoms with Crippen molar-refractivity contribution in [2.45, 2.75) is 141 Å². The molecule has 0 aliphatic carbocycles. The molecule has 1 unspecified atom stereocenters. The molecule has 1 aromatic carbocycles. The van der Waals surface area contributed by atoms with Gasteiger partial charge in [-0.3, -0.25) is 4.79 Å². The number of carbonyl (C=O) groups excluding carboxylic acids is 2. The molecule has 0 saturated carbocycles. The number of carbonyl (C=O) groups is 2. The molecular weight excluding hydrogens is 560 g/mol. The molecule has 1 heterocycles. The van der Waals surface area contributed by atoms with Crippen LogP contribution in [0.15, 0.2) is 18.2 Å². The molecule has 0 radical (unpaired) electrons. The Morgan fingerprint density at radius 2 is 1.26 bits per heavy atom. The minimum atomic E-state index is -5.03. The van der Waals surface area contributed by atoms with E-state index in [9.17, 15) is 35.9 Å². The molecule has 0 aromatic heterocycles. The average molecular weight is 608 g/mol. The van der Waals surface area contributed by atoms with Gasteiger partial charge in [-0.25, -0.2) is 4.79 Å². The van der Waals surface area contributed by atoms with Crippen LogP contribution in [-0.2, 0) is 21.9 Å². The van der Waals surface area contributed by atoms with Crippen LogP contribution in [0.2, 0.25) is 0 Å². The minimum absolute atomic E-state index is 0.0365. The van der Waals surface area contributed by atoms with Crippen LogP contribution in [0.5, 0.6) is 0 Å². The SMILES string of the molecule is CCCCCCCCCCCCCCCCCCOC(=O)C1CCCN1C(=O)c1cc(C(F)(F)F)ccc1C(F)(F)F. The van der Waals surface area contributed by atoms with E-state index in [0.29, 0.717) is 18.9 Å². The van der Waals surface area contributed by atoms with Gasteiger partial charge in [-0.2, -0.15) is 26.3 Å². The lowest BCUT2D eigenvalue weighted by Gasteiger charge is -2.25. The summed E-state index contributed by atoms with van der Waals surface area (Å²) in [5, 5.41) is 0. The van der Waals surface area contributed by atoms with Gasteiger partial charge in [0.2, 0.25) is 0 Å². The number of halogens is 6. The highest BCUT2D eigenvalue weighted by atomic mass is 19.4. The molecule has 1 aromatic rings. The Bertz CT molecular complexity index is 947. The number of hydrogen-bond donors (Lipinski definition) is 0. The molecule has 1 aliphatic rings. The third kappa shape index (κ3) is 12.5. The number of esters is 1. The second kappa shape index (κ2) is 18.4. The maximum atomic E-state index is 13.5. The van der Waals surface area contributed by atoms with Crippen LogP contribution < -0.4 is 0 Å². The fourth-order valence-electron chi connectivity index (χ4n) is 5.47. The lowest BCUT2D eigenvalue weighted by molar-refractivity contribution is -0.148. The van der Waals surface area contributed by atoms with Crippen LogP contribution in [0.3, 0.4) is 0 Å². The summed E-state index contributed by atoms with van der Waals surface area (Å²) in [5.41, 5.74) is -3.94. The number of alkyl halides is 6. The predicted octanol–water partition coefficient (Wildman–Crippen LogP) is 10.1. The van der Waals surface area contributed by atoms with Crippen LogP contribution >= 0.6 is 0 Å². The van der Waals surface area contributed by atoms with Gasteiger partial charge < -0.3 is 9.64 Å². The van der Waals surface area contributed by atoms with Gasteiger partial charge in [0.25, 0.3) is 5.91 Å². The Kier molecular flexibility index (Phi) is 15.8. The summed E-state index contributed by atoms with van der Waals surface area (Å²) in [5.74, 6) is -1.99. The number of hydrogen-bond acceptors (Lipinski definition) is 3. The lowest BCUT2D eigenvalue weighted by Crippen LogP contribution is -2.42. The maximum Gasteiger partial charge on any atom is 0.417 e. The quantitative estimate of drug-likeness (QED) is 0.0893. The van der Waals surface area contributed by atoms with E-state index in [4.69, 9.17) is 4.74 Å². The van der Waals surface area contributed by atoms with Gasteiger partial charge in [0.15, 0.2) is 0 Å². The number of amides is 1. The van der Waals surface area contributed by atoms with E-state index in [-0.39, 0.29) is 31.7 Å². The van der Waals surface area contributed by atoms with Gasteiger partial charge in [0.1, 0.15) is 6.04 Å². The van der Waals surface area contributed by atoms with Crippen molar-refractivity contribution in [3.63, 3.8) is 0 Å². The summed E-state index contributed by atoms with van der Waals surface area (Å²) < 4.78 is 85.2. The van der Waals surface area contributed by atoms with Crippen molar-refractivity contribution in [3.8, 4) is 0 Å². The highest BCUT2D eigenvalue weighted by Crippen LogP contribution is 2.37. The molecule has 1 aliphatic heterocycles. The summed E-state index contributed by atoms with van der Waals surface area (Å²) in [6.07, 6.45) is 9.84.